The molecule has 0 saturated carbocycles. The highest BCUT2D eigenvalue weighted by Gasteiger charge is 2.30. The van der Waals surface area contributed by atoms with Crippen LogP contribution in [-0.2, 0) is 0 Å². The fourth-order valence-electron chi connectivity index (χ4n) is 2.29. The van der Waals surface area contributed by atoms with Crippen LogP contribution in [0.5, 0.6) is 0 Å². The first-order valence-electron chi connectivity index (χ1n) is 6.40. The minimum absolute atomic E-state index is 0. The number of nitrogens with one attached hydrogen (secondary N) is 1. The Kier molecular flexibility index (Phi) is 5.62. The average molecular weight is 318 g/mol. The van der Waals surface area contributed by atoms with Crippen LogP contribution in [0.25, 0.3) is 0 Å². The topological polar surface area (TPSA) is 75.5 Å². The van der Waals surface area contributed by atoms with Crippen molar-refractivity contribution in [2.45, 2.75) is 25.9 Å². The van der Waals surface area contributed by atoms with Gasteiger partial charge in [-0.3, -0.25) is 14.9 Å². The van der Waals surface area contributed by atoms with Gasteiger partial charge in [-0.25, -0.2) is 4.39 Å². The fraction of sp³-hybridized carbons (Fsp3) is 0.462. The summed E-state index contributed by atoms with van der Waals surface area (Å²) < 4.78 is 13.9. The van der Waals surface area contributed by atoms with Gasteiger partial charge < -0.3 is 10.2 Å². The summed E-state index contributed by atoms with van der Waals surface area (Å²) in [4.78, 5) is 23.8. The highest BCUT2D eigenvalue weighted by atomic mass is 35.5. The van der Waals surface area contributed by atoms with Gasteiger partial charge in [0.15, 0.2) is 0 Å². The third kappa shape index (κ3) is 3.48. The number of nitro groups is 1. The normalized spacial score (nSPS) is 21.6. The Labute approximate surface area is 127 Å². The fourth-order valence-corrected chi connectivity index (χ4v) is 2.29. The molecule has 1 N–H and O–H groups in total. The molecule has 1 fully saturated rings. The van der Waals surface area contributed by atoms with Crippen molar-refractivity contribution in [1.29, 1.82) is 0 Å². The van der Waals surface area contributed by atoms with Crippen LogP contribution in [-0.4, -0.2) is 40.9 Å². The zero-order chi connectivity index (χ0) is 14.9. The number of non-ortho nitro benzene ring substituents is 1. The van der Waals surface area contributed by atoms with E-state index in [4.69, 9.17) is 0 Å². The van der Waals surface area contributed by atoms with Crippen molar-refractivity contribution < 1.29 is 14.1 Å². The Morgan fingerprint density at radius 3 is 2.71 bits per heavy atom. The number of hydrogen-bond donors (Lipinski definition) is 1. The second-order valence-corrected chi connectivity index (χ2v) is 4.90. The molecule has 1 aliphatic heterocycles. The van der Waals surface area contributed by atoms with Gasteiger partial charge in [-0.05, 0) is 19.9 Å². The van der Waals surface area contributed by atoms with E-state index < -0.39 is 16.6 Å². The van der Waals surface area contributed by atoms with Crippen LogP contribution in [0, 0.1) is 15.9 Å². The van der Waals surface area contributed by atoms with Crippen LogP contribution >= 0.6 is 12.4 Å². The van der Waals surface area contributed by atoms with Gasteiger partial charge in [0.25, 0.3) is 11.6 Å². The summed E-state index contributed by atoms with van der Waals surface area (Å²) in [6, 6.07) is 3.16. The van der Waals surface area contributed by atoms with Crippen molar-refractivity contribution in [3.05, 3.63) is 39.7 Å². The number of carbonyl (C=O) groups is 1. The first-order valence-corrected chi connectivity index (χ1v) is 6.40. The van der Waals surface area contributed by atoms with Gasteiger partial charge in [0.1, 0.15) is 5.82 Å². The second-order valence-electron chi connectivity index (χ2n) is 4.90. The lowest BCUT2D eigenvalue weighted by molar-refractivity contribution is -0.385. The quantitative estimate of drug-likeness (QED) is 0.668. The van der Waals surface area contributed by atoms with E-state index >= 15 is 0 Å². The van der Waals surface area contributed by atoms with Gasteiger partial charge in [-0.2, -0.15) is 0 Å². The summed E-state index contributed by atoms with van der Waals surface area (Å²) in [7, 11) is 0. The molecule has 0 bridgehead atoms. The lowest BCUT2D eigenvalue weighted by Gasteiger charge is -2.38. The van der Waals surface area contributed by atoms with Crippen LogP contribution in [0.3, 0.4) is 0 Å². The van der Waals surface area contributed by atoms with Crippen molar-refractivity contribution in [1.82, 2.24) is 10.2 Å². The number of amides is 1. The molecule has 116 valence electrons. The number of rotatable bonds is 2. The van der Waals surface area contributed by atoms with Crippen LogP contribution in [0.4, 0.5) is 10.1 Å². The molecular weight excluding hydrogens is 301 g/mol. The molecule has 8 heteroatoms. The van der Waals surface area contributed by atoms with Gasteiger partial charge >= 0.3 is 0 Å². The molecule has 1 aromatic carbocycles. The predicted molar refractivity (Wildman–Crippen MR) is 78.3 cm³/mol. The average Bonchev–Trinajstić information content (AvgIpc) is 2.41. The molecule has 0 aromatic heterocycles. The van der Waals surface area contributed by atoms with E-state index in [9.17, 15) is 19.3 Å². The molecule has 2 rings (SSSR count). The summed E-state index contributed by atoms with van der Waals surface area (Å²) in [5.41, 5.74) is -0.489. The Balaban J connectivity index is 0.00000220. The van der Waals surface area contributed by atoms with E-state index in [0.29, 0.717) is 13.1 Å². The minimum Gasteiger partial charge on any atom is -0.333 e. The monoisotopic (exact) mass is 317 g/mol. The Hall–Kier alpha value is -1.73. The van der Waals surface area contributed by atoms with E-state index in [2.05, 4.69) is 5.32 Å². The molecule has 6 nitrogen and oxygen atoms in total. The molecule has 0 aliphatic carbocycles. The highest BCUT2D eigenvalue weighted by molar-refractivity contribution is 5.95. The first kappa shape index (κ1) is 17.3. The number of piperazine rings is 1. The number of hydrogen-bond acceptors (Lipinski definition) is 4. The van der Waals surface area contributed by atoms with Gasteiger partial charge in [0, 0.05) is 31.2 Å². The molecule has 1 aromatic rings. The SMILES string of the molecule is CC1NCCN(C(=O)c2ccc([N+](=O)[O-])cc2F)C1C.Cl. The summed E-state index contributed by atoms with van der Waals surface area (Å²) in [5, 5.41) is 13.8. The predicted octanol–water partition coefficient (Wildman–Crippen LogP) is 1.98. The number of carbonyl (C=O) groups excluding carboxylic acids is 1. The standard InChI is InChI=1S/C13H16FN3O3.ClH/c1-8-9(2)16(6-5-15-8)13(18)11-4-3-10(17(19)20)7-12(11)14;/h3-4,7-9,15H,5-6H2,1-2H3;1H. The molecule has 1 heterocycles. The van der Waals surface area contributed by atoms with Crippen LogP contribution in [0.15, 0.2) is 18.2 Å². The molecule has 2 atom stereocenters. The zero-order valence-electron chi connectivity index (χ0n) is 11.7. The lowest BCUT2D eigenvalue weighted by atomic mass is 10.0. The van der Waals surface area contributed by atoms with Crippen LogP contribution in [0.1, 0.15) is 24.2 Å². The number of halogens is 2. The maximum absolute atomic E-state index is 13.9. The molecular formula is C13H17ClFN3O3. The van der Waals surface area contributed by atoms with E-state index in [1.807, 2.05) is 13.8 Å². The number of nitrogens with zero attached hydrogens (tertiary/aromatic N) is 2. The summed E-state index contributed by atoms with van der Waals surface area (Å²) >= 11 is 0. The van der Waals surface area contributed by atoms with Crippen molar-refractivity contribution >= 4 is 24.0 Å². The molecule has 0 radical (unpaired) electrons. The first-order chi connectivity index (χ1) is 9.41. The smallest absolute Gasteiger partial charge is 0.272 e. The van der Waals surface area contributed by atoms with Crippen molar-refractivity contribution in [3.63, 3.8) is 0 Å². The molecule has 0 spiro atoms. The zero-order valence-corrected chi connectivity index (χ0v) is 12.5. The maximum atomic E-state index is 13.9. The van der Waals surface area contributed by atoms with E-state index in [-0.39, 0.29) is 35.7 Å². The van der Waals surface area contributed by atoms with Gasteiger partial charge in [-0.1, -0.05) is 0 Å². The third-order valence-corrected chi connectivity index (χ3v) is 3.69. The van der Waals surface area contributed by atoms with E-state index in [1.165, 1.54) is 6.07 Å². The van der Waals surface area contributed by atoms with Gasteiger partial charge in [0.2, 0.25) is 0 Å². The Morgan fingerprint density at radius 2 is 2.14 bits per heavy atom. The van der Waals surface area contributed by atoms with E-state index in [1.54, 1.807) is 4.90 Å². The highest BCUT2D eigenvalue weighted by Crippen LogP contribution is 2.20. The summed E-state index contributed by atoms with van der Waals surface area (Å²) in [6.07, 6.45) is 0. The maximum Gasteiger partial charge on any atom is 0.272 e. The van der Waals surface area contributed by atoms with Crippen LogP contribution < -0.4 is 5.32 Å². The lowest BCUT2D eigenvalue weighted by Crippen LogP contribution is -2.57. The molecule has 2 unspecified atom stereocenters. The second kappa shape index (κ2) is 6.82. The molecule has 21 heavy (non-hydrogen) atoms. The molecule has 1 amide bonds. The van der Waals surface area contributed by atoms with Crippen molar-refractivity contribution in [2.75, 3.05) is 13.1 Å². The molecule has 1 saturated heterocycles. The largest absolute Gasteiger partial charge is 0.333 e. The van der Waals surface area contributed by atoms with Crippen molar-refractivity contribution in [3.8, 4) is 0 Å². The van der Waals surface area contributed by atoms with Crippen LogP contribution in [0.2, 0.25) is 0 Å². The number of benzene rings is 1. The molecule has 1 aliphatic rings. The Morgan fingerprint density at radius 1 is 1.48 bits per heavy atom. The summed E-state index contributed by atoms with van der Waals surface area (Å²) in [6.45, 7) is 4.97. The number of nitro benzene ring substituents is 1. The van der Waals surface area contributed by atoms with Gasteiger partial charge in [0.05, 0.1) is 16.6 Å². The third-order valence-electron chi connectivity index (χ3n) is 3.69. The summed E-state index contributed by atoms with van der Waals surface area (Å²) in [5.74, 6) is -1.29. The minimum atomic E-state index is -0.859. The van der Waals surface area contributed by atoms with Gasteiger partial charge in [-0.15, -0.1) is 12.4 Å². The Bertz CT molecular complexity index is 555. The van der Waals surface area contributed by atoms with E-state index in [0.717, 1.165) is 12.1 Å². The van der Waals surface area contributed by atoms with Crippen molar-refractivity contribution in [2.24, 2.45) is 0 Å².